The van der Waals surface area contributed by atoms with Crippen LogP contribution in [-0.2, 0) is 19.9 Å². The molecular weight excluding hydrogens is 281 g/mol. The van der Waals surface area contributed by atoms with Crippen LogP contribution in [-0.4, -0.2) is 15.8 Å². The van der Waals surface area contributed by atoms with Crippen LogP contribution in [0.1, 0.15) is 17.7 Å². The predicted molar refractivity (Wildman–Crippen MR) is 79.7 cm³/mol. The van der Waals surface area contributed by atoms with E-state index in [2.05, 4.69) is 5.10 Å². The fraction of sp³-hybridized carbons (Fsp3) is 0.357. The standard InChI is InChI=1S/C14H17Cl2N3/c1-19-12(6-7-18-19)4-3-11(17)8-10-2-5-13(15)14(16)9-10/h2,5-7,9,11H,3-4,8,17H2,1H3. The third-order valence-electron chi connectivity index (χ3n) is 3.18. The molecule has 5 heteroatoms. The Labute approximate surface area is 123 Å². The second kappa shape index (κ2) is 6.42. The first-order valence-electron chi connectivity index (χ1n) is 6.22. The normalized spacial score (nSPS) is 12.6. The van der Waals surface area contributed by atoms with Gasteiger partial charge >= 0.3 is 0 Å². The second-order valence-corrected chi connectivity index (χ2v) is 5.51. The van der Waals surface area contributed by atoms with Crippen LogP contribution in [0.3, 0.4) is 0 Å². The van der Waals surface area contributed by atoms with E-state index in [4.69, 9.17) is 28.9 Å². The number of halogens is 2. The molecule has 0 aliphatic carbocycles. The number of hydrogen-bond acceptors (Lipinski definition) is 2. The quantitative estimate of drug-likeness (QED) is 0.921. The monoisotopic (exact) mass is 297 g/mol. The first-order chi connectivity index (χ1) is 9.06. The Morgan fingerprint density at radius 3 is 2.68 bits per heavy atom. The van der Waals surface area contributed by atoms with Crippen molar-refractivity contribution in [3.05, 3.63) is 51.8 Å². The molecule has 1 atom stereocenters. The third kappa shape index (κ3) is 3.96. The van der Waals surface area contributed by atoms with Crippen LogP contribution in [0.15, 0.2) is 30.5 Å². The molecule has 1 aromatic heterocycles. The van der Waals surface area contributed by atoms with Crippen LogP contribution in [0.2, 0.25) is 10.0 Å². The zero-order valence-electron chi connectivity index (χ0n) is 10.8. The molecule has 1 aromatic carbocycles. The Hall–Kier alpha value is -1.03. The van der Waals surface area contributed by atoms with Gasteiger partial charge in [-0.3, -0.25) is 4.68 Å². The van der Waals surface area contributed by atoms with Gasteiger partial charge in [-0.25, -0.2) is 0 Å². The molecule has 0 radical (unpaired) electrons. The van der Waals surface area contributed by atoms with Gasteiger partial charge in [0.25, 0.3) is 0 Å². The van der Waals surface area contributed by atoms with Crippen molar-refractivity contribution in [2.45, 2.75) is 25.3 Å². The van der Waals surface area contributed by atoms with Crippen LogP contribution < -0.4 is 5.73 Å². The highest BCUT2D eigenvalue weighted by Gasteiger charge is 2.08. The number of aromatic nitrogens is 2. The molecule has 102 valence electrons. The van der Waals surface area contributed by atoms with Crippen LogP contribution in [0.25, 0.3) is 0 Å². The van der Waals surface area contributed by atoms with Crippen molar-refractivity contribution in [1.82, 2.24) is 9.78 Å². The van der Waals surface area contributed by atoms with Crippen molar-refractivity contribution >= 4 is 23.2 Å². The molecule has 0 spiro atoms. The van der Waals surface area contributed by atoms with E-state index in [1.54, 1.807) is 6.20 Å². The molecule has 2 aromatic rings. The lowest BCUT2D eigenvalue weighted by Gasteiger charge is -2.12. The van der Waals surface area contributed by atoms with E-state index in [1.165, 1.54) is 5.69 Å². The Balaban J connectivity index is 1.88. The van der Waals surface area contributed by atoms with Crippen LogP contribution in [0.4, 0.5) is 0 Å². The molecule has 0 bridgehead atoms. The summed E-state index contributed by atoms with van der Waals surface area (Å²) >= 11 is 11.9. The molecule has 0 aliphatic heterocycles. The van der Waals surface area contributed by atoms with Crippen LogP contribution in [0.5, 0.6) is 0 Å². The van der Waals surface area contributed by atoms with Gasteiger partial charge < -0.3 is 5.73 Å². The summed E-state index contributed by atoms with van der Waals surface area (Å²) in [4.78, 5) is 0. The van der Waals surface area contributed by atoms with Gasteiger partial charge in [0.05, 0.1) is 10.0 Å². The van der Waals surface area contributed by atoms with Crippen LogP contribution in [0, 0.1) is 0 Å². The number of benzene rings is 1. The summed E-state index contributed by atoms with van der Waals surface area (Å²) in [5, 5.41) is 5.30. The van der Waals surface area contributed by atoms with E-state index < -0.39 is 0 Å². The van der Waals surface area contributed by atoms with E-state index in [1.807, 2.05) is 36.0 Å². The van der Waals surface area contributed by atoms with E-state index in [-0.39, 0.29) is 6.04 Å². The molecule has 0 saturated heterocycles. The fourth-order valence-corrected chi connectivity index (χ4v) is 2.37. The van der Waals surface area contributed by atoms with Crippen molar-refractivity contribution in [3.63, 3.8) is 0 Å². The minimum Gasteiger partial charge on any atom is -0.327 e. The Morgan fingerprint density at radius 2 is 2.05 bits per heavy atom. The van der Waals surface area contributed by atoms with E-state index in [0.717, 1.165) is 24.8 Å². The number of nitrogens with two attached hydrogens (primary N) is 1. The molecular formula is C14H17Cl2N3. The third-order valence-corrected chi connectivity index (χ3v) is 3.91. The first kappa shape index (κ1) is 14.4. The lowest BCUT2D eigenvalue weighted by Crippen LogP contribution is -2.23. The number of aryl methyl sites for hydroxylation is 2. The number of nitrogens with zero attached hydrogens (tertiary/aromatic N) is 2. The summed E-state index contributed by atoms with van der Waals surface area (Å²) < 4.78 is 1.88. The highest BCUT2D eigenvalue weighted by Crippen LogP contribution is 2.23. The largest absolute Gasteiger partial charge is 0.327 e. The minimum atomic E-state index is 0.104. The minimum absolute atomic E-state index is 0.104. The van der Waals surface area contributed by atoms with Crippen molar-refractivity contribution < 1.29 is 0 Å². The molecule has 0 amide bonds. The van der Waals surface area contributed by atoms with Gasteiger partial charge in [-0.15, -0.1) is 0 Å². The smallest absolute Gasteiger partial charge is 0.0595 e. The summed E-state index contributed by atoms with van der Waals surface area (Å²) in [6, 6.07) is 7.79. The highest BCUT2D eigenvalue weighted by molar-refractivity contribution is 6.42. The van der Waals surface area contributed by atoms with Gasteiger partial charge in [0.15, 0.2) is 0 Å². The maximum atomic E-state index is 6.15. The van der Waals surface area contributed by atoms with Gasteiger partial charge in [-0.05, 0) is 43.0 Å². The lowest BCUT2D eigenvalue weighted by atomic mass is 10.0. The van der Waals surface area contributed by atoms with E-state index in [0.29, 0.717) is 10.0 Å². The van der Waals surface area contributed by atoms with Gasteiger partial charge in [0, 0.05) is 25.0 Å². The number of rotatable bonds is 5. The molecule has 1 unspecified atom stereocenters. The fourth-order valence-electron chi connectivity index (χ4n) is 2.05. The Morgan fingerprint density at radius 1 is 1.26 bits per heavy atom. The summed E-state index contributed by atoms with van der Waals surface area (Å²) in [6.45, 7) is 0. The summed E-state index contributed by atoms with van der Waals surface area (Å²) in [5.41, 5.74) is 8.47. The Kier molecular flexibility index (Phi) is 4.86. The van der Waals surface area contributed by atoms with Gasteiger partial charge in [0.2, 0.25) is 0 Å². The van der Waals surface area contributed by atoms with Crippen molar-refractivity contribution in [2.24, 2.45) is 12.8 Å². The van der Waals surface area contributed by atoms with Crippen molar-refractivity contribution in [1.29, 1.82) is 0 Å². The molecule has 3 nitrogen and oxygen atoms in total. The zero-order chi connectivity index (χ0) is 13.8. The zero-order valence-corrected chi connectivity index (χ0v) is 12.3. The Bertz CT molecular complexity index is 551. The molecule has 0 aliphatic rings. The van der Waals surface area contributed by atoms with E-state index >= 15 is 0 Å². The number of hydrogen-bond donors (Lipinski definition) is 1. The molecule has 2 rings (SSSR count). The molecule has 1 heterocycles. The SMILES string of the molecule is Cn1nccc1CCC(N)Cc1ccc(Cl)c(Cl)c1. The summed E-state index contributed by atoms with van der Waals surface area (Å²) in [7, 11) is 1.94. The van der Waals surface area contributed by atoms with E-state index in [9.17, 15) is 0 Å². The average molecular weight is 298 g/mol. The lowest BCUT2D eigenvalue weighted by molar-refractivity contribution is 0.586. The maximum Gasteiger partial charge on any atom is 0.0595 e. The molecule has 0 saturated carbocycles. The molecule has 19 heavy (non-hydrogen) atoms. The first-order valence-corrected chi connectivity index (χ1v) is 6.98. The van der Waals surface area contributed by atoms with Gasteiger partial charge in [0.1, 0.15) is 0 Å². The van der Waals surface area contributed by atoms with Crippen molar-refractivity contribution in [3.8, 4) is 0 Å². The van der Waals surface area contributed by atoms with Crippen LogP contribution >= 0.6 is 23.2 Å². The second-order valence-electron chi connectivity index (χ2n) is 4.70. The maximum absolute atomic E-state index is 6.15. The van der Waals surface area contributed by atoms with Crippen molar-refractivity contribution in [2.75, 3.05) is 0 Å². The molecule has 0 fully saturated rings. The topological polar surface area (TPSA) is 43.8 Å². The summed E-state index contributed by atoms with van der Waals surface area (Å²) in [6.07, 6.45) is 4.45. The van der Waals surface area contributed by atoms with Gasteiger partial charge in [-0.2, -0.15) is 5.10 Å². The van der Waals surface area contributed by atoms with Gasteiger partial charge in [-0.1, -0.05) is 29.3 Å². The predicted octanol–water partition coefficient (Wildman–Crippen LogP) is 3.23. The highest BCUT2D eigenvalue weighted by atomic mass is 35.5. The summed E-state index contributed by atoms with van der Waals surface area (Å²) in [5.74, 6) is 0. The molecule has 2 N–H and O–H groups in total. The average Bonchev–Trinajstić information content (AvgIpc) is 2.77.